The van der Waals surface area contributed by atoms with Gasteiger partial charge in [0.1, 0.15) is 6.61 Å². The van der Waals surface area contributed by atoms with E-state index in [0.29, 0.717) is 13.2 Å². The minimum absolute atomic E-state index is 0. The van der Waals surface area contributed by atoms with Gasteiger partial charge >= 0.3 is 81.6 Å². The Morgan fingerprint density at radius 1 is 0.673 bits per heavy atom. The van der Waals surface area contributed by atoms with Crippen molar-refractivity contribution in [1.82, 2.24) is 0 Å². The molecular weight excluding hydrogens is 838 g/mol. The van der Waals surface area contributed by atoms with Crippen molar-refractivity contribution in [2.24, 2.45) is 0 Å². The van der Waals surface area contributed by atoms with E-state index < -0.39 is 66.0 Å². The number of hydrogen-bond acceptors (Lipinski definition) is 14. The van der Waals surface area contributed by atoms with Crippen LogP contribution in [0.4, 0.5) is 17.6 Å². The van der Waals surface area contributed by atoms with Gasteiger partial charge in [-0.15, -0.1) is 0 Å². The summed E-state index contributed by atoms with van der Waals surface area (Å²) in [6, 6.07) is 26.2. The summed E-state index contributed by atoms with van der Waals surface area (Å²) in [5.74, 6) is -5.46. The zero-order valence-corrected chi connectivity index (χ0v) is 36.0. The van der Waals surface area contributed by atoms with Gasteiger partial charge in [-0.1, -0.05) is 83.9 Å². The van der Waals surface area contributed by atoms with E-state index in [1.54, 1.807) is 12.1 Å². The monoisotopic (exact) mass is 874 g/mol. The molecule has 0 fully saturated rings. The Hall–Kier alpha value is -2.11. The molecule has 0 saturated carbocycles. The first-order valence-electron chi connectivity index (χ1n) is 13.7. The van der Waals surface area contributed by atoms with Crippen molar-refractivity contribution in [3.05, 3.63) is 102 Å². The zero-order valence-electron chi connectivity index (χ0n) is 29.5. The van der Waals surface area contributed by atoms with Crippen LogP contribution in [0.15, 0.2) is 89.8 Å². The number of aryl methyl sites for hydroxylation is 2. The predicted octanol–water partition coefficient (Wildman–Crippen LogP) is -4.52. The molecule has 0 radical (unpaired) electrons. The third-order valence-electron chi connectivity index (χ3n) is 5.05. The molecule has 55 heavy (non-hydrogen) atoms. The summed E-state index contributed by atoms with van der Waals surface area (Å²) in [4.78, 5) is 19.5. The van der Waals surface area contributed by atoms with Crippen LogP contribution >= 0.6 is 0 Å². The van der Waals surface area contributed by atoms with Crippen LogP contribution < -0.4 is 59.1 Å². The molecule has 3 aromatic carbocycles. The Morgan fingerprint density at radius 3 is 1.35 bits per heavy atom. The summed E-state index contributed by atoms with van der Waals surface area (Å²) >= 11 is 0. The average Bonchev–Trinajstić information content (AvgIpc) is 3.04. The van der Waals surface area contributed by atoms with Gasteiger partial charge in [0.2, 0.25) is 0 Å². The molecule has 0 aliphatic heterocycles. The number of carboxylic acid groups (broad SMARTS) is 1. The number of hydrogen-bond donors (Lipinski definition) is 4. The van der Waals surface area contributed by atoms with Gasteiger partial charge in [-0.2, -0.15) is 26.0 Å². The molecule has 0 bridgehead atoms. The van der Waals surface area contributed by atoms with E-state index in [2.05, 4.69) is 23.8 Å². The normalized spacial score (nSPS) is 10.7. The molecular formula is C29H36F4Na2O17S3. The standard InChI is InChI=1S/C9H12O2.C7H8O3S.C7H8.C4H6F2O6S.C2H2F2O5S.2Na.H2O/c10-6-7-11-8-9-4-2-1-3-5-9;1-6-2-4-7(5-3-6)11(8,9)10;1-7-5-3-2-4-6-7;5-4(6,13(9,10)11)3(8)12-2-1-7;3-2(4,1(5)6)10(7,8)9;;;/h1-5,10H,6-8H2;2-5H,1H3,(H,8,9,10);2-6H,1H3;7H,1-2H2,(H,9,10,11);(H,5,6)(H,7,8,9);;;1H2/q;;;;;2*+1;/p-2. The van der Waals surface area contributed by atoms with E-state index in [9.17, 15) is 61.5 Å². The maximum atomic E-state index is 12.2. The van der Waals surface area contributed by atoms with Crippen LogP contribution in [0.2, 0.25) is 0 Å². The van der Waals surface area contributed by atoms with Gasteiger partial charge in [0.05, 0.1) is 31.3 Å². The number of carbonyl (C=O) groups excluding carboxylic acids is 1. The molecule has 0 spiro atoms. The number of benzene rings is 3. The van der Waals surface area contributed by atoms with E-state index in [0.717, 1.165) is 11.1 Å². The number of halogens is 4. The van der Waals surface area contributed by atoms with Crippen LogP contribution in [-0.2, 0) is 56.0 Å². The van der Waals surface area contributed by atoms with Crippen molar-refractivity contribution in [3.63, 3.8) is 0 Å². The van der Waals surface area contributed by atoms with Crippen LogP contribution in [0, 0.1) is 13.8 Å². The van der Waals surface area contributed by atoms with E-state index in [4.69, 9.17) is 24.6 Å². The topological polar surface area (TPSA) is 314 Å². The number of ether oxygens (including phenoxy) is 2. The third kappa shape index (κ3) is 27.2. The second-order valence-corrected chi connectivity index (χ2v) is 13.6. The van der Waals surface area contributed by atoms with Crippen molar-refractivity contribution in [3.8, 4) is 0 Å². The molecule has 0 atom stereocenters. The first-order chi connectivity index (χ1) is 23.7. The fraction of sp³-hybridized carbons (Fsp3) is 0.310. The van der Waals surface area contributed by atoms with Gasteiger partial charge in [-0.3, -0.25) is 4.55 Å². The molecule has 26 heteroatoms. The van der Waals surface area contributed by atoms with E-state index >= 15 is 0 Å². The predicted molar refractivity (Wildman–Crippen MR) is 174 cm³/mol. The summed E-state index contributed by atoms with van der Waals surface area (Å²) in [6.45, 7) is 3.46. The van der Waals surface area contributed by atoms with Gasteiger partial charge in [0.25, 0.3) is 10.1 Å². The maximum Gasteiger partial charge on any atom is 1.00 e. The summed E-state index contributed by atoms with van der Waals surface area (Å²) in [5, 5.41) is 13.6. The quantitative estimate of drug-likeness (QED) is 0.0464. The molecule has 3 rings (SSSR count). The Labute approximate surface area is 358 Å². The van der Waals surface area contributed by atoms with Gasteiger partial charge in [-0.25, -0.2) is 26.4 Å². The minimum atomic E-state index is -6.08. The van der Waals surface area contributed by atoms with Crippen molar-refractivity contribution >= 4 is 42.3 Å². The first-order valence-corrected chi connectivity index (χ1v) is 18.0. The Bertz CT molecular complexity index is 1820. The molecule has 0 heterocycles. The van der Waals surface area contributed by atoms with E-state index in [1.807, 2.05) is 55.5 Å². The molecule has 0 amide bonds. The van der Waals surface area contributed by atoms with Crippen molar-refractivity contribution in [2.45, 2.75) is 35.9 Å². The van der Waals surface area contributed by atoms with Crippen molar-refractivity contribution < 1.29 is 155 Å². The van der Waals surface area contributed by atoms with Gasteiger partial charge in [-0.05, 0) is 31.5 Å². The van der Waals surface area contributed by atoms with Gasteiger partial charge < -0.3 is 39.4 Å². The molecule has 17 nitrogen and oxygen atoms in total. The van der Waals surface area contributed by atoms with Crippen molar-refractivity contribution in [1.29, 1.82) is 0 Å². The summed E-state index contributed by atoms with van der Waals surface area (Å²) < 4.78 is 143. The zero-order chi connectivity index (χ0) is 40.8. The molecule has 0 aliphatic rings. The number of aliphatic carboxylic acids is 1. The molecule has 302 valence electrons. The summed E-state index contributed by atoms with van der Waals surface area (Å²) in [5.41, 5.74) is 3.42. The maximum absolute atomic E-state index is 12.2. The fourth-order valence-corrected chi connectivity index (χ4v) is 3.46. The number of esters is 1. The molecule has 0 aliphatic carbocycles. The van der Waals surface area contributed by atoms with Gasteiger partial charge in [0, 0.05) is 0 Å². The van der Waals surface area contributed by atoms with E-state index in [-0.39, 0.29) is 76.1 Å². The van der Waals surface area contributed by atoms with Gasteiger partial charge in [0.15, 0.2) is 20.2 Å². The smallest absolute Gasteiger partial charge is 0.743 e. The third-order valence-corrected chi connectivity index (χ3v) is 7.51. The Kier molecular flexibility index (Phi) is 33.9. The number of alkyl halides is 4. The number of carbonyl (C=O) groups is 2. The largest absolute Gasteiger partial charge is 1.00 e. The van der Waals surface area contributed by atoms with Crippen LogP contribution in [-0.4, -0.2) is 109 Å². The molecule has 6 N–H and O–H groups in total. The van der Waals surface area contributed by atoms with E-state index in [1.165, 1.54) is 17.7 Å². The van der Waals surface area contributed by atoms with Crippen molar-refractivity contribution in [2.75, 3.05) is 26.4 Å². The molecule has 0 saturated heterocycles. The van der Waals surface area contributed by atoms with Crippen LogP contribution in [0.3, 0.4) is 0 Å². The fourth-order valence-electron chi connectivity index (χ4n) is 2.50. The number of carboxylic acids is 1. The second kappa shape index (κ2) is 30.0. The molecule has 0 unspecified atom stereocenters. The number of aliphatic hydroxyl groups is 2. The molecule has 3 aromatic rings. The second-order valence-electron chi connectivity index (χ2n) is 9.31. The number of aliphatic hydroxyl groups excluding tert-OH is 2. The Morgan fingerprint density at radius 2 is 1.05 bits per heavy atom. The average molecular weight is 875 g/mol. The molecule has 0 aromatic heterocycles. The van der Waals surface area contributed by atoms with Crippen LogP contribution in [0.25, 0.3) is 0 Å². The minimum Gasteiger partial charge on any atom is -0.743 e. The summed E-state index contributed by atoms with van der Waals surface area (Å²) in [7, 11) is -16.2. The van der Waals surface area contributed by atoms with Crippen LogP contribution in [0.1, 0.15) is 16.7 Å². The van der Waals surface area contributed by atoms with Crippen LogP contribution in [0.5, 0.6) is 0 Å². The Balaban J connectivity index is -0.000000189. The first kappa shape index (κ1) is 62.1. The SMILES string of the molecule is Cc1ccc(S(=O)(=O)O)cc1.Cc1ccccc1.O.O=C(O)C(F)(F)S(=O)(=O)[O-].O=C(OCCO)C(F)(F)S(=O)(=O)[O-].OCCOCc1ccccc1.[Na+].[Na+]. The number of rotatable bonds is 11. The summed E-state index contributed by atoms with van der Waals surface area (Å²) in [6.07, 6.45) is 0.